The molecule has 0 aromatic heterocycles. The lowest BCUT2D eigenvalue weighted by molar-refractivity contribution is -0.136. The van der Waals surface area contributed by atoms with Crippen LogP contribution in [0.5, 0.6) is 0 Å². The molecule has 0 aromatic rings. The highest BCUT2D eigenvalue weighted by atomic mass is 16.6. The van der Waals surface area contributed by atoms with E-state index in [-0.39, 0.29) is 18.6 Å². The van der Waals surface area contributed by atoms with Crippen LogP contribution in [0.25, 0.3) is 0 Å². The van der Waals surface area contributed by atoms with E-state index < -0.39 is 0 Å². The van der Waals surface area contributed by atoms with E-state index in [1.807, 2.05) is 0 Å². The molecule has 1 rings (SSSR count). The van der Waals surface area contributed by atoms with Gasteiger partial charge in [-0.1, -0.05) is 0 Å². The minimum absolute atomic E-state index is 0.0733. The average Bonchev–Trinajstić information content (AvgIpc) is 2.30. The van der Waals surface area contributed by atoms with Crippen molar-refractivity contribution in [3.05, 3.63) is 0 Å². The smallest absolute Gasteiger partial charge is 0.250 e. The van der Waals surface area contributed by atoms with Gasteiger partial charge in [-0.15, -0.1) is 0 Å². The Hall–Kier alpha value is -0.650. The molecule has 13 heavy (non-hydrogen) atoms. The number of rotatable bonds is 2. The van der Waals surface area contributed by atoms with Crippen molar-refractivity contribution >= 4 is 5.91 Å². The maximum absolute atomic E-state index is 11.3. The Balaban J connectivity index is 2.37. The van der Waals surface area contributed by atoms with Gasteiger partial charge in [0.05, 0.1) is 6.10 Å². The number of amides is 1. The fraction of sp³-hybridized carbons (Fsp3) is 0.875. The number of nitrogens with two attached hydrogens (primary N) is 1. The molecule has 3 N–H and O–H groups in total. The number of carbonyl (C=O) groups is 1. The number of likely N-dealkylation sites (tertiary alicyclic amines) is 1. The molecule has 5 nitrogen and oxygen atoms in total. The number of hydrogen-bond acceptors (Lipinski definition) is 4. The predicted octanol–water partition coefficient (Wildman–Crippen LogP) is -0.750. The van der Waals surface area contributed by atoms with Gasteiger partial charge in [0.1, 0.15) is 6.61 Å². The van der Waals surface area contributed by atoms with Crippen LogP contribution in [0.3, 0.4) is 0 Å². The van der Waals surface area contributed by atoms with Crippen LogP contribution in [0.2, 0.25) is 0 Å². The van der Waals surface area contributed by atoms with Gasteiger partial charge in [-0.05, 0) is 19.3 Å². The predicted molar refractivity (Wildman–Crippen MR) is 46.6 cm³/mol. The lowest BCUT2D eigenvalue weighted by Gasteiger charge is -2.19. The summed E-state index contributed by atoms with van der Waals surface area (Å²) in [6.07, 6.45) is 2.00. The zero-order valence-electron chi connectivity index (χ0n) is 7.61. The summed E-state index contributed by atoms with van der Waals surface area (Å²) in [6, 6.07) is 0. The van der Waals surface area contributed by atoms with Gasteiger partial charge in [0.2, 0.25) is 0 Å². The van der Waals surface area contributed by atoms with Gasteiger partial charge in [-0.25, -0.2) is 5.90 Å². The second kappa shape index (κ2) is 5.16. The Morgan fingerprint density at radius 2 is 2.31 bits per heavy atom. The summed E-state index contributed by atoms with van der Waals surface area (Å²) in [5.41, 5.74) is 0. The molecule has 1 atom stereocenters. The monoisotopic (exact) mass is 188 g/mol. The summed E-state index contributed by atoms with van der Waals surface area (Å²) in [5, 5.41) is 9.32. The standard InChI is InChI=1S/C8H16N2O3/c9-13-6-8(12)10-4-1-2-7(11)3-5-10/h7,11H,1-6,9H2. The zero-order chi connectivity index (χ0) is 9.68. The summed E-state index contributed by atoms with van der Waals surface area (Å²) in [6.45, 7) is 1.22. The van der Waals surface area contributed by atoms with Gasteiger partial charge in [0.15, 0.2) is 0 Å². The van der Waals surface area contributed by atoms with E-state index in [9.17, 15) is 9.90 Å². The molecule has 1 heterocycles. The number of aliphatic hydroxyl groups is 1. The second-order valence-electron chi connectivity index (χ2n) is 3.28. The van der Waals surface area contributed by atoms with Crippen molar-refractivity contribution in [1.82, 2.24) is 4.90 Å². The molecule has 1 fully saturated rings. The van der Waals surface area contributed by atoms with Gasteiger partial charge in [0, 0.05) is 13.1 Å². The Labute approximate surface area is 77.4 Å². The van der Waals surface area contributed by atoms with E-state index in [4.69, 9.17) is 5.90 Å². The van der Waals surface area contributed by atoms with E-state index in [0.717, 1.165) is 12.8 Å². The van der Waals surface area contributed by atoms with Gasteiger partial charge < -0.3 is 10.0 Å². The quantitative estimate of drug-likeness (QED) is 0.559. The summed E-state index contributed by atoms with van der Waals surface area (Å²) in [4.78, 5) is 17.3. The first-order valence-corrected chi connectivity index (χ1v) is 4.51. The first-order valence-electron chi connectivity index (χ1n) is 4.51. The molecule has 76 valence electrons. The van der Waals surface area contributed by atoms with Crippen molar-refractivity contribution < 1.29 is 14.7 Å². The SMILES string of the molecule is NOCC(=O)N1CCCC(O)CC1. The fourth-order valence-corrected chi connectivity index (χ4v) is 1.49. The van der Waals surface area contributed by atoms with Crippen LogP contribution in [0, 0.1) is 0 Å². The molecule has 0 spiro atoms. The summed E-state index contributed by atoms with van der Waals surface area (Å²) in [5.74, 6) is 4.71. The molecule has 1 aliphatic rings. The van der Waals surface area contributed by atoms with Crippen LogP contribution in [0.15, 0.2) is 0 Å². The fourth-order valence-electron chi connectivity index (χ4n) is 1.49. The minimum atomic E-state index is -0.267. The highest BCUT2D eigenvalue weighted by Crippen LogP contribution is 2.10. The van der Waals surface area contributed by atoms with E-state index >= 15 is 0 Å². The zero-order valence-corrected chi connectivity index (χ0v) is 7.61. The van der Waals surface area contributed by atoms with E-state index in [1.165, 1.54) is 0 Å². The third-order valence-corrected chi connectivity index (χ3v) is 2.26. The highest BCUT2D eigenvalue weighted by Gasteiger charge is 2.18. The van der Waals surface area contributed by atoms with Crippen molar-refractivity contribution in [2.45, 2.75) is 25.4 Å². The van der Waals surface area contributed by atoms with Crippen molar-refractivity contribution in [1.29, 1.82) is 0 Å². The summed E-state index contributed by atoms with van der Waals surface area (Å²) < 4.78 is 0. The molecule has 5 heteroatoms. The molecule has 0 aliphatic carbocycles. The lowest BCUT2D eigenvalue weighted by atomic mass is 10.2. The molecular weight excluding hydrogens is 172 g/mol. The molecule has 0 aromatic carbocycles. The van der Waals surface area contributed by atoms with Crippen molar-refractivity contribution in [3.63, 3.8) is 0 Å². The van der Waals surface area contributed by atoms with Gasteiger partial charge in [0.25, 0.3) is 5.91 Å². The van der Waals surface area contributed by atoms with Crippen LogP contribution in [0.1, 0.15) is 19.3 Å². The summed E-state index contributed by atoms with van der Waals surface area (Å²) in [7, 11) is 0. The van der Waals surface area contributed by atoms with Crippen LogP contribution in [-0.2, 0) is 9.63 Å². The lowest BCUT2D eigenvalue weighted by Crippen LogP contribution is -2.35. The highest BCUT2D eigenvalue weighted by molar-refractivity contribution is 5.77. The van der Waals surface area contributed by atoms with Gasteiger partial charge in [-0.3, -0.25) is 9.63 Å². The van der Waals surface area contributed by atoms with E-state index in [0.29, 0.717) is 19.5 Å². The third kappa shape index (κ3) is 3.30. The van der Waals surface area contributed by atoms with E-state index in [2.05, 4.69) is 4.84 Å². The number of aliphatic hydroxyl groups excluding tert-OH is 1. The van der Waals surface area contributed by atoms with Crippen LogP contribution in [-0.4, -0.2) is 41.7 Å². The average molecular weight is 188 g/mol. The maximum atomic E-state index is 11.3. The molecule has 1 unspecified atom stereocenters. The Bertz CT molecular complexity index is 175. The van der Waals surface area contributed by atoms with Crippen molar-refractivity contribution in [2.24, 2.45) is 5.90 Å². The molecule has 0 bridgehead atoms. The molecular formula is C8H16N2O3. The maximum Gasteiger partial charge on any atom is 0.250 e. The Kier molecular flexibility index (Phi) is 4.14. The topological polar surface area (TPSA) is 75.8 Å². The Morgan fingerprint density at radius 3 is 3.00 bits per heavy atom. The first-order chi connectivity index (χ1) is 6.24. The van der Waals surface area contributed by atoms with Gasteiger partial charge in [-0.2, -0.15) is 0 Å². The van der Waals surface area contributed by atoms with E-state index in [1.54, 1.807) is 4.90 Å². The molecule has 1 saturated heterocycles. The largest absolute Gasteiger partial charge is 0.393 e. The molecule has 1 aliphatic heterocycles. The third-order valence-electron chi connectivity index (χ3n) is 2.26. The number of nitrogens with zero attached hydrogens (tertiary/aromatic N) is 1. The molecule has 0 saturated carbocycles. The summed E-state index contributed by atoms with van der Waals surface area (Å²) >= 11 is 0. The van der Waals surface area contributed by atoms with Crippen molar-refractivity contribution in [3.8, 4) is 0 Å². The van der Waals surface area contributed by atoms with Gasteiger partial charge >= 0.3 is 0 Å². The number of carbonyl (C=O) groups excluding carboxylic acids is 1. The second-order valence-corrected chi connectivity index (χ2v) is 3.28. The minimum Gasteiger partial charge on any atom is -0.393 e. The Morgan fingerprint density at radius 1 is 1.54 bits per heavy atom. The van der Waals surface area contributed by atoms with Crippen LogP contribution >= 0.6 is 0 Å². The molecule has 0 radical (unpaired) electrons. The number of hydrogen-bond donors (Lipinski definition) is 2. The molecule has 1 amide bonds. The van der Waals surface area contributed by atoms with Crippen molar-refractivity contribution in [2.75, 3.05) is 19.7 Å². The van der Waals surface area contributed by atoms with Crippen LogP contribution in [0.4, 0.5) is 0 Å². The first kappa shape index (κ1) is 10.4. The normalized spacial score (nSPS) is 24.2. The van der Waals surface area contributed by atoms with Crippen LogP contribution < -0.4 is 5.90 Å².